The Morgan fingerprint density at radius 3 is 2.52 bits per heavy atom. The minimum atomic E-state index is -0.378. The SMILES string of the molecule is NC(=O)CCN(Cc1ccccc1)C(=O)CCNC1CC1. The number of carbonyl (C=O) groups is 2. The summed E-state index contributed by atoms with van der Waals surface area (Å²) in [6.07, 6.45) is 3.09. The van der Waals surface area contributed by atoms with Gasteiger partial charge in [0.05, 0.1) is 0 Å². The largest absolute Gasteiger partial charge is 0.370 e. The molecule has 21 heavy (non-hydrogen) atoms. The van der Waals surface area contributed by atoms with Crippen LogP contribution in [0.4, 0.5) is 0 Å². The smallest absolute Gasteiger partial charge is 0.224 e. The van der Waals surface area contributed by atoms with Crippen molar-refractivity contribution in [1.29, 1.82) is 0 Å². The summed E-state index contributed by atoms with van der Waals surface area (Å²) in [5, 5.41) is 3.33. The van der Waals surface area contributed by atoms with Crippen LogP contribution < -0.4 is 11.1 Å². The monoisotopic (exact) mass is 289 g/mol. The van der Waals surface area contributed by atoms with Gasteiger partial charge in [0.2, 0.25) is 11.8 Å². The van der Waals surface area contributed by atoms with E-state index in [2.05, 4.69) is 5.32 Å². The zero-order chi connectivity index (χ0) is 15.1. The number of nitrogens with two attached hydrogens (primary N) is 1. The lowest BCUT2D eigenvalue weighted by molar-refractivity contribution is -0.132. The van der Waals surface area contributed by atoms with Crippen LogP contribution >= 0.6 is 0 Å². The molecule has 0 aromatic heterocycles. The molecule has 5 heteroatoms. The van der Waals surface area contributed by atoms with Gasteiger partial charge in [-0.25, -0.2) is 0 Å². The second-order valence-corrected chi connectivity index (χ2v) is 5.50. The van der Waals surface area contributed by atoms with E-state index in [1.54, 1.807) is 4.90 Å². The van der Waals surface area contributed by atoms with E-state index in [1.807, 2.05) is 30.3 Å². The summed E-state index contributed by atoms with van der Waals surface area (Å²) in [5.41, 5.74) is 6.25. The van der Waals surface area contributed by atoms with Crippen molar-refractivity contribution in [3.8, 4) is 0 Å². The highest BCUT2D eigenvalue weighted by atomic mass is 16.2. The summed E-state index contributed by atoms with van der Waals surface area (Å²) in [7, 11) is 0. The molecule has 0 unspecified atom stereocenters. The Balaban J connectivity index is 1.86. The van der Waals surface area contributed by atoms with Crippen molar-refractivity contribution in [2.45, 2.75) is 38.3 Å². The standard InChI is InChI=1S/C16H23N3O2/c17-15(20)9-11-19(12-13-4-2-1-3-5-13)16(21)8-10-18-14-6-7-14/h1-5,14,18H,6-12H2,(H2,17,20). The minimum Gasteiger partial charge on any atom is -0.370 e. The van der Waals surface area contributed by atoms with E-state index < -0.39 is 0 Å². The third-order valence-electron chi connectivity index (χ3n) is 3.55. The Bertz CT molecular complexity index is 472. The van der Waals surface area contributed by atoms with Gasteiger partial charge in [-0.15, -0.1) is 0 Å². The van der Waals surface area contributed by atoms with Crippen molar-refractivity contribution in [1.82, 2.24) is 10.2 Å². The van der Waals surface area contributed by atoms with E-state index in [9.17, 15) is 9.59 Å². The summed E-state index contributed by atoms with van der Waals surface area (Å²) in [6, 6.07) is 10.4. The molecule has 5 nitrogen and oxygen atoms in total. The summed E-state index contributed by atoms with van der Waals surface area (Å²) in [4.78, 5) is 25.0. The molecule has 1 aliphatic rings. The molecule has 3 N–H and O–H groups in total. The number of amides is 2. The van der Waals surface area contributed by atoms with Crippen molar-refractivity contribution in [2.24, 2.45) is 5.73 Å². The zero-order valence-electron chi connectivity index (χ0n) is 12.3. The van der Waals surface area contributed by atoms with Crippen molar-refractivity contribution in [3.63, 3.8) is 0 Å². The summed E-state index contributed by atoms with van der Waals surface area (Å²) in [6.45, 7) is 1.61. The lowest BCUT2D eigenvalue weighted by Gasteiger charge is -2.22. The van der Waals surface area contributed by atoms with E-state index in [-0.39, 0.29) is 18.2 Å². The molecule has 0 aliphatic heterocycles. The lowest BCUT2D eigenvalue weighted by Crippen LogP contribution is -2.35. The molecule has 1 fully saturated rings. The number of nitrogens with zero attached hydrogens (tertiary/aromatic N) is 1. The fourth-order valence-electron chi connectivity index (χ4n) is 2.17. The van der Waals surface area contributed by atoms with Gasteiger partial charge in [0, 0.05) is 38.5 Å². The van der Waals surface area contributed by atoms with Crippen LogP contribution in [0.15, 0.2) is 30.3 Å². The second kappa shape index (κ2) is 7.78. The van der Waals surface area contributed by atoms with Crippen molar-refractivity contribution in [2.75, 3.05) is 13.1 Å². The maximum absolute atomic E-state index is 12.3. The molecule has 0 saturated heterocycles. The van der Waals surface area contributed by atoms with Crippen LogP contribution in [-0.4, -0.2) is 35.8 Å². The minimum absolute atomic E-state index is 0.0632. The highest BCUT2D eigenvalue weighted by Gasteiger charge is 2.21. The molecule has 1 aromatic rings. The first-order valence-corrected chi connectivity index (χ1v) is 7.48. The van der Waals surface area contributed by atoms with Crippen LogP contribution in [0, 0.1) is 0 Å². The molecule has 0 atom stereocenters. The molecule has 1 saturated carbocycles. The molecule has 2 rings (SSSR count). The van der Waals surface area contributed by atoms with E-state index >= 15 is 0 Å². The van der Waals surface area contributed by atoms with Gasteiger partial charge in [-0.3, -0.25) is 9.59 Å². The molecule has 0 radical (unpaired) electrons. The Hall–Kier alpha value is -1.88. The van der Waals surface area contributed by atoms with Gasteiger partial charge in [-0.1, -0.05) is 30.3 Å². The van der Waals surface area contributed by atoms with Gasteiger partial charge in [0.1, 0.15) is 0 Å². The maximum atomic E-state index is 12.3. The summed E-state index contributed by atoms with van der Waals surface area (Å²) < 4.78 is 0. The number of benzene rings is 1. The van der Waals surface area contributed by atoms with Gasteiger partial charge in [0.15, 0.2) is 0 Å². The predicted molar refractivity (Wildman–Crippen MR) is 81.3 cm³/mol. The molecule has 0 heterocycles. The number of nitrogens with one attached hydrogen (secondary N) is 1. The van der Waals surface area contributed by atoms with Crippen LogP contribution in [0.1, 0.15) is 31.2 Å². The Kier molecular flexibility index (Phi) is 5.75. The van der Waals surface area contributed by atoms with Crippen molar-refractivity contribution < 1.29 is 9.59 Å². The Morgan fingerprint density at radius 1 is 1.19 bits per heavy atom. The van der Waals surface area contributed by atoms with Gasteiger partial charge in [-0.05, 0) is 18.4 Å². The molecule has 0 bridgehead atoms. The van der Waals surface area contributed by atoms with Crippen molar-refractivity contribution >= 4 is 11.8 Å². The lowest BCUT2D eigenvalue weighted by atomic mass is 10.2. The van der Waals surface area contributed by atoms with Gasteiger partial charge in [-0.2, -0.15) is 0 Å². The maximum Gasteiger partial charge on any atom is 0.224 e. The number of rotatable bonds is 9. The quantitative estimate of drug-likeness (QED) is 0.713. The Labute approximate surface area is 125 Å². The third-order valence-corrected chi connectivity index (χ3v) is 3.55. The third kappa shape index (κ3) is 5.95. The average molecular weight is 289 g/mol. The predicted octanol–water partition coefficient (Wildman–Crippen LogP) is 1.03. The molecule has 2 amide bonds. The molecule has 1 aromatic carbocycles. The van der Waals surface area contributed by atoms with E-state index in [0.717, 1.165) is 5.56 Å². The van der Waals surface area contributed by atoms with Gasteiger partial charge < -0.3 is 16.0 Å². The summed E-state index contributed by atoms with van der Waals surface area (Å²) >= 11 is 0. The van der Waals surface area contributed by atoms with Gasteiger partial charge in [0.25, 0.3) is 0 Å². The van der Waals surface area contributed by atoms with Crippen LogP contribution in [0.5, 0.6) is 0 Å². The van der Waals surface area contributed by atoms with E-state index in [0.29, 0.717) is 32.1 Å². The first kappa shape index (κ1) is 15.5. The number of carbonyl (C=O) groups excluding carboxylic acids is 2. The topological polar surface area (TPSA) is 75.4 Å². The Morgan fingerprint density at radius 2 is 1.90 bits per heavy atom. The molecule has 114 valence electrons. The number of hydrogen-bond acceptors (Lipinski definition) is 3. The van der Waals surface area contributed by atoms with Crippen molar-refractivity contribution in [3.05, 3.63) is 35.9 Å². The highest BCUT2D eigenvalue weighted by Crippen LogP contribution is 2.18. The number of hydrogen-bond donors (Lipinski definition) is 2. The normalized spacial score (nSPS) is 13.9. The first-order valence-electron chi connectivity index (χ1n) is 7.48. The molecule has 1 aliphatic carbocycles. The molecule has 0 spiro atoms. The fourth-order valence-corrected chi connectivity index (χ4v) is 2.17. The van der Waals surface area contributed by atoms with Gasteiger partial charge >= 0.3 is 0 Å². The summed E-state index contributed by atoms with van der Waals surface area (Å²) in [5.74, 6) is -0.315. The molecular formula is C16H23N3O2. The second-order valence-electron chi connectivity index (χ2n) is 5.50. The number of primary amides is 1. The zero-order valence-corrected chi connectivity index (χ0v) is 12.3. The van der Waals surface area contributed by atoms with Crippen LogP contribution in [-0.2, 0) is 16.1 Å². The van der Waals surface area contributed by atoms with Crippen LogP contribution in [0.2, 0.25) is 0 Å². The van der Waals surface area contributed by atoms with Crippen LogP contribution in [0.3, 0.4) is 0 Å². The fraction of sp³-hybridized carbons (Fsp3) is 0.500. The highest BCUT2D eigenvalue weighted by molar-refractivity contribution is 5.78. The average Bonchev–Trinajstić information content (AvgIpc) is 3.28. The molecular weight excluding hydrogens is 266 g/mol. The first-order chi connectivity index (χ1) is 10.1. The van der Waals surface area contributed by atoms with E-state index in [4.69, 9.17) is 5.73 Å². The van der Waals surface area contributed by atoms with Crippen LogP contribution in [0.25, 0.3) is 0 Å². The van der Waals surface area contributed by atoms with E-state index in [1.165, 1.54) is 12.8 Å².